The highest BCUT2D eigenvalue weighted by molar-refractivity contribution is 9.10. The van der Waals surface area contributed by atoms with Crippen LogP contribution in [0.25, 0.3) is 0 Å². The molecule has 1 unspecified atom stereocenters. The molecular formula is C13H11BrN2O3. The zero-order valence-electron chi connectivity index (χ0n) is 9.93. The molecule has 98 valence electrons. The van der Waals surface area contributed by atoms with Crippen LogP contribution in [0.5, 0.6) is 5.75 Å². The molecule has 1 aromatic carbocycles. The van der Waals surface area contributed by atoms with E-state index in [1.807, 2.05) is 24.3 Å². The molecule has 5 nitrogen and oxygen atoms in total. The Hall–Kier alpha value is -1.82. The summed E-state index contributed by atoms with van der Waals surface area (Å²) in [6.07, 6.45) is 1.87. The molecule has 1 N–H and O–H groups in total. The van der Waals surface area contributed by atoms with E-state index in [0.29, 0.717) is 10.9 Å². The number of hydrogen-bond acceptors (Lipinski definition) is 3. The maximum atomic E-state index is 11.9. The molecule has 6 heteroatoms. The summed E-state index contributed by atoms with van der Waals surface area (Å²) < 4.78 is 7.22. The molecule has 0 aliphatic carbocycles. The zero-order chi connectivity index (χ0) is 13.4. The third-order valence-corrected chi connectivity index (χ3v) is 3.69. The number of hydrogen-bond donors (Lipinski definition) is 1. The molecule has 0 amide bonds. The predicted octanol–water partition coefficient (Wildman–Crippen LogP) is 1.30. The van der Waals surface area contributed by atoms with E-state index in [-0.39, 0.29) is 18.2 Å². The largest absolute Gasteiger partial charge is 0.488 e. The number of nitrogens with zero attached hydrogens (tertiary/aromatic N) is 1. The molecule has 19 heavy (non-hydrogen) atoms. The summed E-state index contributed by atoms with van der Waals surface area (Å²) >= 11 is 3.11. The quantitative estimate of drug-likeness (QED) is 0.906. The van der Waals surface area contributed by atoms with Gasteiger partial charge in [0.25, 0.3) is 5.56 Å². The van der Waals surface area contributed by atoms with Crippen LogP contribution < -0.4 is 16.0 Å². The Kier molecular flexibility index (Phi) is 3.02. The standard InChI is InChI=1S/C13H11BrN2O3/c14-10-6-15-13(18)16(12(10)17)7-9-5-8-3-1-2-4-11(8)19-9/h1-4,6,9H,5,7H2,(H,15,18). The molecular weight excluding hydrogens is 312 g/mol. The number of benzene rings is 1. The predicted molar refractivity (Wildman–Crippen MR) is 73.6 cm³/mol. The number of H-pyrrole nitrogens is 1. The van der Waals surface area contributed by atoms with Gasteiger partial charge in [0, 0.05) is 12.6 Å². The van der Waals surface area contributed by atoms with Gasteiger partial charge >= 0.3 is 5.69 Å². The van der Waals surface area contributed by atoms with Gasteiger partial charge in [0.15, 0.2) is 0 Å². The first-order valence-electron chi connectivity index (χ1n) is 5.88. The molecule has 1 aliphatic rings. The Labute approximate surface area is 117 Å². The minimum atomic E-state index is -0.423. The van der Waals surface area contributed by atoms with E-state index in [4.69, 9.17) is 4.74 Å². The Morgan fingerprint density at radius 3 is 2.95 bits per heavy atom. The Morgan fingerprint density at radius 1 is 1.37 bits per heavy atom. The first-order valence-corrected chi connectivity index (χ1v) is 6.67. The summed E-state index contributed by atoms with van der Waals surface area (Å²) in [6, 6.07) is 7.73. The number of para-hydroxylation sites is 1. The number of halogens is 1. The van der Waals surface area contributed by atoms with Crippen LogP contribution in [0, 0.1) is 0 Å². The Balaban J connectivity index is 1.88. The zero-order valence-corrected chi connectivity index (χ0v) is 11.5. The smallest absolute Gasteiger partial charge is 0.328 e. The average Bonchev–Trinajstić information content (AvgIpc) is 2.81. The highest BCUT2D eigenvalue weighted by Gasteiger charge is 2.23. The second-order valence-electron chi connectivity index (χ2n) is 4.41. The molecule has 1 aromatic heterocycles. The molecule has 3 rings (SSSR count). The van der Waals surface area contributed by atoms with Crippen molar-refractivity contribution in [2.24, 2.45) is 0 Å². The molecule has 0 spiro atoms. The van der Waals surface area contributed by atoms with E-state index in [1.54, 1.807) is 0 Å². The third-order valence-electron chi connectivity index (χ3n) is 3.12. The molecule has 0 radical (unpaired) electrons. The summed E-state index contributed by atoms with van der Waals surface area (Å²) in [7, 11) is 0. The lowest BCUT2D eigenvalue weighted by Crippen LogP contribution is -2.39. The maximum absolute atomic E-state index is 11.9. The fourth-order valence-corrected chi connectivity index (χ4v) is 2.54. The molecule has 0 saturated heterocycles. The second-order valence-corrected chi connectivity index (χ2v) is 5.26. The van der Waals surface area contributed by atoms with E-state index in [9.17, 15) is 9.59 Å². The molecule has 0 bridgehead atoms. The highest BCUT2D eigenvalue weighted by Crippen LogP contribution is 2.28. The van der Waals surface area contributed by atoms with Crippen molar-refractivity contribution in [3.63, 3.8) is 0 Å². The summed E-state index contributed by atoms with van der Waals surface area (Å²) in [6.45, 7) is 0.238. The Bertz CT molecular complexity index is 710. The van der Waals surface area contributed by atoms with Gasteiger partial charge in [0.05, 0.1) is 11.0 Å². The minimum absolute atomic E-state index is 0.189. The fourth-order valence-electron chi connectivity index (χ4n) is 2.21. The van der Waals surface area contributed by atoms with Crippen LogP contribution in [0.15, 0.2) is 44.5 Å². The van der Waals surface area contributed by atoms with Crippen LogP contribution in [0.4, 0.5) is 0 Å². The number of nitrogens with one attached hydrogen (secondary N) is 1. The van der Waals surface area contributed by atoms with Crippen LogP contribution in [0.1, 0.15) is 5.56 Å². The topological polar surface area (TPSA) is 64.1 Å². The van der Waals surface area contributed by atoms with Crippen molar-refractivity contribution in [3.05, 3.63) is 61.3 Å². The van der Waals surface area contributed by atoms with Crippen molar-refractivity contribution in [1.82, 2.24) is 9.55 Å². The summed E-state index contributed by atoms with van der Waals surface area (Å²) in [5.74, 6) is 0.826. The third kappa shape index (κ3) is 2.23. The van der Waals surface area contributed by atoms with Crippen molar-refractivity contribution in [2.45, 2.75) is 19.1 Å². The van der Waals surface area contributed by atoms with Crippen LogP contribution >= 0.6 is 15.9 Å². The molecule has 2 heterocycles. The van der Waals surface area contributed by atoms with E-state index in [2.05, 4.69) is 20.9 Å². The van der Waals surface area contributed by atoms with E-state index >= 15 is 0 Å². The van der Waals surface area contributed by atoms with Gasteiger partial charge in [-0.3, -0.25) is 9.36 Å². The number of aromatic nitrogens is 2. The average molecular weight is 323 g/mol. The second kappa shape index (κ2) is 4.70. The van der Waals surface area contributed by atoms with Gasteiger partial charge in [-0.05, 0) is 27.6 Å². The summed E-state index contributed by atoms with van der Waals surface area (Å²) in [5, 5.41) is 0. The molecule has 2 aromatic rings. The Morgan fingerprint density at radius 2 is 2.16 bits per heavy atom. The first-order chi connectivity index (χ1) is 9.15. The number of ether oxygens (including phenoxy) is 1. The molecule has 1 atom stereocenters. The number of rotatable bonds is 2. The van der Waals surface area contributed by atoms with Gasteiger partial charge in [-0.2, -0.15) is 0 Å². The van der Waals surface area contributed by atoms with Crippen LogP contribution in [-0.2, 0) is 13.0 Å². The van der Waals surface area contributed by atoms with Gasteiger partial charge in [0.1, 0.15) is 11.9 Å². The van der Waals surface area contributed by atoms with Crippen molar-refractivity contribution >= 4 is 15.9 Å². The maximum Gasteiger partial charge on any atom is 0.328 e. The van der Waals surface area contributed by atoms with Crippen molar-refractivity contribution < 1.29 is 4.74 Å². The monoisotopic (exact) mass is 322 g/mol. The van der Waals surface area contributed by atoms with Crippen LogP contribution in [-0.4, -0.2) is 15.7 Å². The highest BCUT2D eigenvalue weighted by atomic mass is 79.9. The lowest BCUT2D eigenvalue weighted by molar-refractivity contribution is 0.205. The van der Waals surface area contributed by atoms with Gasteiger partial charge in [-0.25, -0.2) is 4.79 Å². The number of aromatic amines is 1. The summed E-state index contributed by atoms with van der Waals surface area (Å²) in [5.41, 5.74) is 0.336. The van der Waals surface area contributed by atoms with E-state index in [0.717, 1.165) is 15.9 Å². The fraction of sp³-hybridized carbons (Fsp3) is 0.231. The SMILES string of the molecule is O=c1[nH]cc(Br)c(=O)n1CC1Cc2ccccc2O1. The normalized spacial score (nSPS) is 17.0. The van der Waals surface area contributed by atoms with Crippen LogP contribution in [0.3, 0.4) is 0 Å². The minimum Gasteiger partial charge on any atom is -0.488 e. The van der Waals surface area contributed by atoms with Gasteiger partial charge in [-0.1, -0.05) is 18.2 Å². The molecule has 1 aliphatic heterocycles. The molecule has 0 saturated carbocycles. The van der Waals surface area contributed by atoms with Crippen LogP contribution in [0.2, 0.25) is 0 Å². The van der Waals surface area contributed by atoms with Gasteiger partial charge < -0.3 is 9.72 Å². The molecule has 0 fully saturated rings. The van der Waals surface area contributed by atoms with Gasteiger partial charge in [-0.15, -0.1) is 0 Å². The van der Waals surface area contributed by atoms with Crippen molar-refractivity contribution in [1.29, 1.82) is 0 Å². The lowest BCUT2D eigenvalue weighted by atomic mass is 10.1. The van der Waals surface area contributed by atoms with Crippen molar-refractivity contribution in [2.75, 3.05) is 0 Å². The lowest BCUT2D eigenvalue weighted by Gasteiger charge is -2.11. The van der Waals surface area contributed by atoms with Crippen molar-refractivity contribution in [3.8, 4) is 5.75 Å². The summed E-state index contributed by atoms with van der Waals surface area (Å²) in [4.78, 5) is 26.1. The van der Waals surface area contributed by atoms with E-state index in [1.165, 1.54) is 6.20 Å². The first kappa shape index (κ1) is 12.2. The number of fused-ring (bicyclic) bond motifs is 1. The van der Waals surface area contributed by atoms with Gasteiger partial charge in [0.2, 0.25) is 0 Å². The van der Waals surface area contributed by atoms with E-state index < -0.39 is 5.69 Å².